The van der Waals surface area contributed by atoms with E-state index in [1.165, 1.54) is 11.3 Å². The maximum absolute atomic E-state index is 11.4. The topological polar surface area (TPSA) is 55.3 Å². The second kappa shape index (κ2) is 6.88. The lowest BCUT2D eigenvalue weighted by Gasteiger charge is -2.23. The van der Waals surface area contributed by atoms with Crippen LogP contribution in [0.1, 0.15) is 25.8 Å². The molecule has 0 amide bonds. The molecular formula is C10H16ClN3O2S. The average Bonchev–Trinajstić information content (AvgIpc) is 2.63. The molecule has 0 aromatic carbocycles. The summed E-state index contributed by atoms with van der Waals surface area (Å²) in [5, 5.41) is 8.47. The highest BCUT2D eigenvalue weighted by molar-refractivity contribution is 7.15. The van der Waals surface area contributed by atoms with E-state index in [1.807, 2.05) is 18.7 Å². The molecule has 0 saturated carbocycles. The Morgan fingerprint density at radius 3 is 2.71 bits per heavy atom. The molecule has 17 heavy (non-hydrogen) atoms. The van der Waals surface area contributed by atoms with E-state index in [4.69, 9.17) is 16.3 Å². The zero-order chi connectivity index (χ0) is 12.8. The molecule has 0 spiro atoms. The predicted octanol–water partition coefficient (Wildman–Crippen LogP) is 1.96. The van der Waals surface area contributed by atoms with Crippen LogP contribution in [0.3, 0.4) is 0 Å². The Balaban J connectivity index is 2.57. The molecule has 5 nitrogen and oxygen atoms in total. The molecule has 0 aliphatic rings. The van der Waals surface area contributed by atoms with Gasteiger partial charge in [0, 0.05) is 6.04 Å². The number of aromatic nitrogens is 2. The predicted molar refractivity (Wildman–Crippen MR) is 67.1 cm³/mol. The molecule has 0 aliphatic carbocycles. The molecule has 0 unspecified atom stereocenters. The van der Waals surface area contributed by atoms with E-state index < -0.39 is 0 Å². The molecular weight excluding hydrogens is 262 g/mol. The summed E-state index contributed by atoms with van der Waals surface area (Å²) in [6.45, 7) is 7.03. The number of halogens is 1. The first kappa shape index (κ1) is 14.3. The van der Waals surface area contributed by atoms with E-state index in [2.05, 4.69) is 10.2 Å². The van der Waals surface area contributed by atoms with E-state index in [1.54, 1.807) is 6.92 Å². The fourth-order valence-electron chi connectivity index (χ4n) is 1.26. The molecule has 0 fully saturated rings. The van der Waals surface area contributed by atoms with Crippen LogP contribution >= 0.6 is 22.9 Å². The van der Waals surface area contributed by atoms with Gasteiger partial charge in [0.25, 0.3) is 0 Å². The van der Waals surface area contributed by atoms with Gasteiger partial charge in [0.2, 0.25) is 4.47 Å². The minimum atomic E-state index is -0.225. The Kier molecular flexibility index (Phi) is 5.80. The summed E-state index contributed by atoms with van der Waals surface area (Å²) in [7, 11) is 0. The SMILES string of the molecule is CCOC(=O)CN(Cc1nnc(Cl)s1)C(C)C. The van der Waals surface area contributed by atoms with Crippen molar-refractivity contribution in [2.24, 2.45) is 0 Å². The summed E-state index contributed by atoms with van der Waals surface area (Å²) in [6, 6.07) is 0.224. The summed E-state index contributed by atoms with van der Waals surface area (Å²) in [6.07, 6.45) is 0. The minimum absolute atomic E-state index is 0.224. The Hall–Kier alpha value is -0.720. The Bertz CT molecular complexity index is 370. The highest BCUT2D eigenvalue weighted by atomic mass is 35.5. The van der Waals surface area contributed by atoms with Gasteiger partial charge in [0.15, 0.2) is 0 Å². The van der Waals surface area contributed by atoms with Gasteiger partial charge in [-0.25, -0.2) is 0 Å². The molecule has 96 valence electrons. The number of nitrogens with zero attached hydrogens (tertiary/aromatic N) is 3. The molecule has 0 aliphatic heterocycles. The number of carbonyl (C=O) groups excluding carboxylic acids is 1. The van der Waals surface area contributed by atoms with Crippen LogP contribution in [0, 0.1) is 0 Å². The van der Waals surface area contributed by atoms with E-state index in [-0.39, 0.29) is 18.6 Å². The third-order valence-electron chi connectivity index (χ3n) is 2.15. The van der Waals surface area contributed by atoms with E-state index in [0.29, 0.717) is 17.6 Å². The number of carbonyl (C=O) groups is 1. The van der Waals surface area contributed by atoms with Crippen LogP contribution in [0.25, 0.3) is 0 Å². The fourth-order valence-corrected chi connectivity index (χ4v) is 2.16. The molecule has 1 heterocycles. The van der Waals surface area contributed by atoms with Gasteiger partial charge in [-0.15, -0.1) is 10.2 Å². The smallest absolute Gasteiger partial charge is 0.320 e. The zero-order valence-corrected chi connectivity index (χ0v) is 11.7. The van der Waals surface area contributed by atoms with Gasteiger partial charge < -0.3 is 4.74 Å². The van der Waals surface area contributed by atoms with Crippen molar-refractivity contribution >= 4 is 28.9 Å². The molecule has 0 saturated heterocycles. The normalized spacial score (nSPS) is 11.2. The average molecular weight is 278 g/mol. The fraction of sp³-hybridized carbons (Fsp3) is 0.700. The standard InChI is InChI=1S/C10H16ClN3O2S/c1-4-16-9(15)6-14(7(2)3)5-8-12-13-10(11)17-8/h7H,4-6H2,1-3H3. The molecule has 0 atom stereocenters. The Morgan fingerprint density at radius 1 is 1.53 bits per heavy atom. The highest BCUT2D eigenvalue weighted by Crippen LogP contribution is 2.17. The monoisotopic (exact) mass is 277 g/mol. The van der Waals surface area contributed by atoms with Crippen LogP contribution < -0.4 is 0 Å². The first-order valence-electron chi connectivity index (χ1n) is 5.40. The maximum Gasteiger partial charge on any atom is 0.320 e. The summed E-state index contributed by atoms with van der Waals surface area (Å²) >= 11 is 7.04. The number of hydrogen-bond donors (Lipinski definition) is 0. The van der Waals surface area contributed by atoms with E-state index in [0.717, 1.165) is 5.01 Å². The van der Waals surface area contributed by atoms with Crippen LogP contribution in [0.4, 0.5) is 0 Å². The first-order chi connectivity index (χ1) is 8.02. The van der Waals surface area contributed by atoms with Crippen LogP contribution in [0.5, 0.6) is 0 Å². The van der Waals surface area contributed by atoms with Gasteiger partial charge >= 0.3 is 5.97 Å². The number of hydrogen-bond acceptors (Lipinski definition) is 6. The molecule has 1 rings (SSSR count). The number of ether oxygens (including phenoxy) is 1. The van der Waals surface area contributed by atoms with Crippen molar-refractivity contribution < 1.29 is 9.53 Å². The van der Waals surface area contributed by atoms with Crippen molar-refractivity contribution in [1.29, 1.82) is 0 Å². The molecule has 0 radical (unpaired) electrons. The van der Waals surface area contributed by atoms with Gasteiger partial charge in [0.1, 0.15) is 5.01 Å². The van der Waals surface area contributed by atoms with Gasteiger partial charge in [-0.05, 0) is 32.4 Å². The second-order valence-corrected chi connectivity index (χ2v) is 5.40. The first-order valence-corrected chi connectivity index (χ1v) is 6.60. The number of rotatable bonds is 6. The lowest BCUT2D eigenvalue weighted by atomic mass is 10.3. The number of esters is 1. The van der Waals surface area contributed by atoms with Gasteiger partial charge in [-0.2, -0.15) is 0 Å². The highest BCUT2D eigenvalue weighted by Gasteiger charge is 2.17. The van der Waals surface area contributed by atoms with Crippen LogP contribution in [-0.2, 0) is 16.1 Å². The summed E-state index contributed by atoms with van der Waals surface area (Å²) < 4.78 is 5.34. The third-order valence-corrected chi connectivity index (χ3v) is 3.15. The largest absolute Gasteiger partial charge is 0.465 e. The lowest BCUT2D eigenvalue weighted by Crippen LogP contribution is -2.36. The van der Waals surface area contributed by atoms with Crippen molar-refractivity contribution in [3.63, 3.8) is 0 Å². The molecule has 1 aromatic heterocycles. The summed E-state index contributed by atoms with van der Waals surface area (Å²) in [5.74, 6) is -0.225. The Labute approximate surface area is 110 Å². The van der Waals surface area contributed by atoms with Crippen LogP contribution in [0.15, 0.2) is 0 Å². The molecule has 0 bridgehead atoms. The van der Waals surface area contributed by atoms with Crippen molar-refractivity contribution in [2.45, 2.75) is 33.4 Å². The van der Waals surface area contributed by atoms with E-state index >= 15 is 0 Å². The third kappa shape index (κ3) is 4.97. The molecule has 0 N–H and O–H groups in total. The molecule has 1 aromatic rings. The van der Waals surface area contributed by atoms with Crippen molar-refractivity contribution in [3.05, 3.63) is 9.47 Å². The van der Waals surface area contributed by atoms with Gasteiger partial charge in [0.05, 0.1) is 19.7 Å². The summed E-state index contributed by atoms with van der Waals surface area (Å²) in [4.78, 5) is 13.4. The zero-order valence-electron chi connectivity index (χ0n) is 10.1. The van der Waals surface area contributed by atoms with Crippen molar-refractivity contribution in [2.75, 3.05) is 13.2 Å². The van der Waals surface area contributed by atoms with Crippen LogP contribution in [0.2, 0.25) is 4.47 Å². The van der Waals surface area contributed by atoms with Crippen molar-refractivity contribution in [3.8, 4) is 0 Å². The van der Waals surface area contributed by atoms with Crippen molar-refractivity contribution in [1.82, 2.24) is 15.1 Å². The molecule has 7 heteroatoms. The quantitative estimate of drug-likeness (QED) is 0.744. The van der Waals surface area contributed by atoms with Gasteiger partial charge in [-0.1, -0.05) is 11.3 Å². The second-order valence-electron chi connectivity index (χ2n) is 3.75. The van der Waals surface area contributed by atoms with Gasteiger partial charge in [-0.3, -0.25) is 9.69 Å². The Morgan fingerprint density at radius 2 is 2.24 bits per heavy atom. The van der Waals surface area contributed by atoms with E-state index in [9.17, 15) is 4.79 Å². The van der Waals surface area contributed by atoms with Crippen LogP contribution in [-0.4, -0.2) is 40.3 Å². The lowest BCUT2D eigenvalue weighted by molar-refractivity contribution is -0.145. The summed E-state index contributed by atoms with van der Waals surface area (Å²) in [5.41, 5.74) is 0. The maximum atomic E-state index is 11.4. The minimum Gasteiger partial charge on any atom is -0.465 e.